The van der Waals surface area contributed by atoms with Crippen LogP contribution in [0, 0.1) is 0 Å². The fraction of sp³-hybridized carbons (Fsp3) is 0.188. The Morgan fingerprint density at radius 3 is 2.57 bits per heavy atom. The van der Waals surface area contributed by atoms with E-state index in [4.69, 9.17) is 5.11 Å². The molecule has 108 valence electrons. The fourth-order valence-electron chi connectivity index (χ4n) is 1.99. The molecule has 0 saturated heterocycles. The minimum Gasteiger partial charge on any atom is -0.478 e. The van der Waals surface area contributed by atoms with Crippen molar-refractivity contribution >= 4 is 11.9 Å². The number of nitrogens with zero attached hydrogens (tertiary/aromatic N) is 1. The Morgan fingerprint density at radius 2 is 1.90 bits per heavy atom. The number of hydrogen-bond donors (Lipinski definition) is 2. The topological polar surface area (TPSA) is 79.3 Å². The van der Waals surface area contributed by atoms with Crippen molar-refractivity contribution in [3.05, 3.63) is 65.5 Å². The van der Waals surface area contributed by atoms with Gasteiger partial charge in [-0.1, -0.05) is 37.3 Å². The summed E-state index contributed by atoms with van der Waals surface area (Å²) in [4.78, 5) is 27.0. The summed E-state index contributed by atoms with van der Waals surface area (Å²) >= 11 is 0. The second-order valence-electron chi connectivity index (χ2n) is 4.73. The van der Waals surface area contributed by atoms with Crippen LogP contribution < -0.4 is 5.32 Å². The minimum atomic E-state index is -1.16. The molecular formula is C16H16N2O3. The van der Waals surface area contributed by atoms with Crippen LogP contribution in [0.3, 0.4) is 0 Å². The highest BCUT2D eigenvalue weighted by atomic mass is 16.4. The molecule has 0 bridgehead atoms. The van der Waals surface area contributed by atoms with Gasteiger partial charge in [0, 0.05) is 12.7 Å². The zero-order valence-electron chi connectivity index (χ0n) is 11.6. The quantitative estimate of drug-likeness (QED) is 0.883. The number of carbonyl (C=O) groups excluding carboxylic acids is 1. The number of pyridine rings is 1. The number of nitrogens with one attached hydrogen (secondary N) is 1. The maximum Gasteiger partial charge on any atom is 0.338 e. The zero-order valence-corrected chi connectivity index (χ0v) is 11.6. The van der Waals surface area contributed by atoms with Gasteiger partial charge in [0.15, 0.2) is 0 Å². The number of rotatable bonds is 5. The van der Waals surface area contributed by atoms with Crippen LogP contribution in [0.2, 0.25) is 0 Å². The Morgan fingerprint density at radius 1 is 1.19 bits per heavy atom. The molecule has 0 aliphatic heterocycles. The Labute approximate surface area is 122 Å². The summed E-state index contributed by atoms with van der Waals surface area (Å²) in [7, 11) is 0. The third kappa shape index (κ3) is 3.66. The molecule has 1 unspecified atom stereocenters. The summed E-state index contributed by atoms with van der Waals surface area (Å²) in [6.07, 6.45) is 1.40. The van der Waals surface area contributed by atoms with Crippen molar-refractivity contribution in [2.45, 2.75) is 12.8 Å². The van der Waals surface area contributed by atoms with Gasteiger partial charge in [0.2, 0.25) is 0 Å². The van der Waals surface area contributed by atoms with Crippen LogP contribution in [0.15, 0.2) is 48.7 Å². The molecule has 0 spiro atoms. The van der Waals surface area contributed by atoms with Crippen molar-refractivity contribution in [3.63, 3.8) is 0 Å². The Bertz CT molecular complexity index is 641. The van der Waals surface area contributed by atoms with E-state index in [2.05, 4.69) is 10.3 Å². The van der Waals surface area contributed by atoms with Crippen LogP contribution in [-0.2, 0) is 0 Å². The summed E-state index contributed by atoms with van der Waals surface area (Å²) in [5.41, 5.74) is 0.949. The van der Waals surface area contributed by atoms with E-state index >= 15 is 0 Å². The van der Waals surface area contributed by atoms with Gasteiger partial charge in [-0.3, -0.25) is 9.78 Å². The number of aromatic carboxylic acids is 1. The highest BCUT2D eigenvalue weighted by molar-refractivity contribution is 6.03. The SMILES string of the molecule is CC(CNC(=O)c1ncccc1C(=O)O)c1ccccc1. The summed E-state index contributed by atoms with van der Waals surface area (Å²) in [6, 6.07) is 12.6. The Hall–Kier alpha value is -2.69. The second kappa shape index (κ2) is 6.65. The smallest absolute Gasteiger partial charge is 0.338 e. The molecule has 5 nitrogen and oxygen atoms in total. The van der Waals surface area contributed by atoms with Gasteiger partial charge < -0.3 is 10.4 Å². The van der Waals surface area contributed by atoms with Crippen molar-refractivity contribution in [1.82, 2.24) is 10.3 Å². The van der Waals surface area contributed by atoms with E-state index in [1.807, 2.05) is 37.3 Å². The van der Waals surface area contributed by atoms with Crippen molar-refractivity contribution in [3.8, 4) is 0 Å². The van der Waals surface area contributed by atoms with Crippen LogP contribution >= 0.6 is 0 Å². The first-order valence-corrected chi connectivity index (χ1v) is 6.61. The average Bonchev–Trinajstić information content (AvgIpc) is 2.53. The molecular weight excluding hydrogens is 268 g/mol. The first kappa shape index (κ1) is 14.7. The maximum atomic E-state index is 12.1. The highest BCUT2D eigenvalue weighted by Gasteiger charge is 2.18. The van der Waals surface area contributed by atoms with Gasteiger partial charge in [0.1, 0.15) is 5.69 Å². The van der Waals surface area contributed by atoms with Gasteiger partial charge in [-0.15, -0.1) is 0 Å². The van der Waals surface area contributed by atoms with Gasteiger partial charge in [-0.2, -0.15) is 0 Å². The van der Waals surface area contributed by atoms with Crippen LogP contribution in [0.4, 0.5) is 0 Å². The molecule has 0 aliphatic rings. The summed E-state index contributed by atoms with van der Waals surface area (Å²) in [6.45, 7) is 2.41. The molecule has 2 N–H and O–H groups in total. The molecule has 0 fully saturated rings. The molecule has 0 aliphatic carbocycles. The molecule has 21 heavy (non-hydrogen) atoms. The highest BCUT2D eigenvalue weighted by Crippen LogP contribution is 2.13. The lowest BCUT2D eigenvalue weighted by molar-refractivity contribution is 0.0690. The molecule has 0 saturated carbocycles. The number of carboxylic acid groups (broad SMARTS) is 1. The summed E-state index contributed by atoms with van der Waals surface area (Å²) in [5.74, 6) is -1.51. The van der Waals surface area contributed by atoms with Crippen molar-refractivity contribution < 1.29 is 14.7 Å². The molecule has 1 aromatic carbocycles. The van der Waals surface area contributed by atoms with Crippen LogP contribution in [-0.4, -0.2) is 28.5 Å². The fourth-order valence-corrected chi connectivity index (χ4v) is 1.99. The van der Waals surface area contributed by atoms with Crippen molar-refractivity contribution in [1.29, 1.82) is 0 Å². The normalized spacial score (nSPS) is 11.7. The van der Waals surface area contributed by atoms with E-state index in [1.165, 1.54) is 18.3 Å². The van der Waals surface area contributed by atoms with Crippen molar-refractivity contribution in [2.24, 2.45) is 0 Å². The first-order valence-electron chi connectivity index (χ1n) is 6.61. The molecule has 2 rings (SSSR count). The Balaban J connectivity index is 2.04. The number of carboxylic acids is 1. The average molecular weight is 284 g/mol. The predicted molar refractivity (Wildman–Crippen MR) is 78.4 cm³/mol. The van der Waals surface area contributed by atoms with Gasteiger partial charge >= 0.3 is 5.97 Å². The largest absolute Gasteiger partial charge is 0.478 e. The van der Waals surface area contributed by atoms with Crippen LogP contribution in [0.1, 0.15) is 39.3 Å². The lowest BCUT2D eigenvalue weighted by atomic mass is 10.0. The number of hydrogen-bond acceptors (Lipinski definition) is 3. The maximum absolute atomic E-state index is 12.1. The van der Waals surface area contributed by atoms with Crippen molar-refractivity contribution in [2.75, 3.05) is 6.54 Å². The number of benzene rings is 1. The molecule has 1 amide bonds. The van der Waals surface area contributed by atoms with Gasteiger partial charge in [-0.25, -0.2) is 4.79 Å². The molecule has 2 aromatic rings. The van der Waals surface area contributed by atoms with Crippen LogP contribution in [0.5, 0.6) is 0 Å². The minimum absolute atomic E-state index is 0.0646. The second-order valence-corrected chi connectivity index (χ2v) is 4.73. The van der Waals surface area contributed by atoms with E-state index in [1.54, 1.807) is 0 Å². The predicted octanol–water partition coefficient (Wildman–Crippen LogP) is 2.31. The van der Waals surface area contributed by atoms with E-state index in [0.717, 1.165) is 5.56 Å². The molecule has 1 atom stereocenters. The molecule has 0 radical (unpaired) electrons. The zero-order chi connectivity index (χ0) is 15.2. The van der Waals surface area contributed by atoms with E-state index in [0.29, 0.717) is 6.54 Å². The van der Waals surface area contributed by atoms with Crippen LogP contribution in [0.25, 0.3) is 0 Å². The van der Waals surface area contributed by atoms with Gasteiger partial charge in [0.25, 0.3) is 5.91 Å². The molecule has 5 heteroatoms. The molecule has 1 heterocycles. The third-order valence-corrected chi connectivity index (χ3v) is 3.19. The lowest BCUT2D eigenvalue weighted by Gasteiger charge is -2.13. The summed E-state index contributed by atoms with van der Waals surface area (Å²) < 4.78 is 0. The Kier molecular flexibility index (Phi) is 4.66. The first-order chi connectivity index (χ1) is 10.1. The standard InChI is InChI=1S/C16H16N2O3/c1-11(12-6-3-2-4-7-12)10-18-15(19)14-13(16(20)21)8-5-9-17-14/h2-9,11H,10H2,1H3,(H,18,19)(H,20,21). The molecule has 1 aromatic heterocycles. The van der Waals surface area contributed by atoms with E-state index < -0.39 is 11.9 Å². The van der Waals surface area contributed by atoms with Gasteiger partial charge in [0.05, 0.1) is 5.56 Å². The third-order valence-electron chi connectivity index (χ3n) is 3.19. The number of aromatic nitrogens is 1. The van der Waals surface area contributed by atoms with E-state index in [9.17, 15) is 9.59 Å². The number of carbonyl (C=O) groups is 2. The summed E-state index contributed by atoms with van der Waals surface area (Å²) in [5, 5.41) is 11.8. The van der Waals surface area contributed by atoms with E-state index in [-0.39, 0.29) is 17.2 Å². The monoisotopic (exact) mass is 284 g/mol. The van der Waals surface area contributed by atoms with Gasteiger partial charge in [-0.05, 0) is 23.6 Å². The lowest BCUT2D eigenvalue weighted by Crippen LogP contribution is -2.29. The number of amides is 1.